The molecule has 94 valence electrons. The highest BCUT2D eigenvalue weighted by Crippen LogP contribution is 2.29. The van der Waals surface area contributed by atoms with Crippen molar-refractivity contribution in [1.82, 2.24) is 0 Å². The molecule has 0 bridgehead atoms. The molecule has 0 fully saturated rings. The molecule has 3 nitrogen and oxygen atoms in total. The van der Waals surface area contributed by atoms with Gasteiger partial charge in [0.05, 0.1) is 5.69 Å². The van der Waals surface area contributed by atoms with Crippen LogP contribution in [-0.2, 0) is 4.79 Å². The number of aryl methyl sites for hydroxylation is 2. The van der Waals surface area contributed by atoms with Gasteiger partial charge in [-0.3, -0.25) is 0 Å². The van der Waals surface area contributed by atoms with Crippen molar-refractivity contribution in [3.05, 3.63) is 27.7 Å². The number of hydrogen-bond donors (Lipinski definition) is 2. The number of benzene rings is 1. The van der Waals surface area contributed by atoms with Gasteiger partial charge >= 0.3 is 5.97 Å². The predicted octanol–water partition coefficient (Wildman–Crippen LogP) is 3.59. The van der Waals surface area contributed by atoms with Crippen LogP contribution in [0.4, 0.5) is 5.69 Å². The Morgan fingerprint density at radius 3 is 2.35 bits per heavy atom. The average molecular weight is 300 g/mol. The lowest BCUT2D eigenvalue weighted by molar-refractivity contribution is -0.138. The quantitative estimate of drug-likeness (QED) is 0.893. The molecule has 0 aliphatic heterocycles. The van der Waals surface area contributed by atoms with E-state index >= 15 is 0 Å². The van der Waals surface area contributed by atoms with E-state index in [1.165, 1.54) is 0 Å². The van der Waals surface area contributed by atoms with Crippen LogP contribution in [0.1, 0.15) is 25.0 Å². The lowest BCUT2D eigenvalue weighted by Gasteiger charge is -2.21. The Balaban J connectivity index is 3.05. The largest absolute Gasteiger partial charge is 0.480 e. The van der Waals surface area contributed by atoms with Gasteiger partial charge in [0.2, 0.25) is 0 Å². The number of halogens is 1. The average Bonchev–Trinajstić information content (AvgIpc) is 2.14. The summed E-state index contributed by atoms with van der Waals surface area (Å²) in [5.41, 5.74) is 3.05. The maximum Gasteiger partial charge on any atom is 0.326 e. The number of rotatable bonds is 4. The molecular formula is C13H18BrNO2. The molecule has 2 N–H and O–H groups in total. The van der Waals surface area contributed by atoms with E-state index in [1.54, 1.807) is 0 Å². The second kappa shape index (κ2) is 5.54. The second-order valence-corrected chi connectivity index (χ2v) is 5.50. The van der Waals surface area contributed by atoms with Crippen molar-refractivity contribution in [2.45, 2.75) is 33.7 Å². The fraction of sp³-hybridized carbons (Fsp3) is 0.462. The summed E-state index contributed by atoms with van der Waals surface area (Å²) < 4.78 is 0.905. The van der Waals surface area contributed by atoms with Gasteiger partial charge in [-0.1, -0.05) is 19.9 Å². The van der Waals surface area contributed by atoms with Crippen LogP contribution in [0.2, 0.25) is 0 Å². The van der Waals surface area contributed by atoms with Crippen molar-refractivity contribution in [3.8, 4) is 0 Å². The van der Waals surface area contributed by atoms with Gasteiger partial charge in [-0.2, -0.15) is 0 Å². The van der Waals surface area contributed by atoms with Crippen LogP contribution in [0, 0.1) is 19.8 Å². The summed E-state index contributed by atoms with van der Waals surface area (Å²) in [5, 5.41) is 12.3. The first-order valence-electron chi connectivity index (χ1n) is 5.59. The zero-order valence-electron chi connectivity index (χ0n) is 10.5. The lowest BCUT2D eigenvalue weighted by atomic mass is 10.0. The highest BCUT2D eigenvalue weighted by molar-refractivity contribution is 9.10. The van der Waals surface area contributed by atoms with Crippen molar-refractivity contribution in [1.29, 1.82) is 0 Å². The summed E-state index contributed by atoms with van der Waals surface area (Å²) in [6.45, 7) is 7.77. The molecule has 1 rings (SSSR count). The first-order chi connectivity index (χ1) is 7.82. The van der Waals surface area contributed by atoms with Gasteiger partial charge in [-0.25, -0.2) is 4.79 Å². The highest BCUT2D eigenvalue weighted by Gasteiger charge is 2.22. The molecular weight excluding hydrogens is 282 g/mol. The van der Waals surface area contributed by atoms with Gasteiger partial charge in [0.1, 0.15) is 6.04 Å². The minimum absolute atomic E-state index is 0.0279. The number of carboxylic acids is 1. The molecule has 1 atom stereocenters. The Morgan fingerprint density at radius 2 is 1.94 bits per heavy atom. The van der Waals surface area contributed by atoms with E-state index in [2.05, 4.69) is 21.2 Å². The van der Waals surface area contributed by atoms with Gasteiger partial charge < -0.3 is 10.4 Å². The number of carbonyl (C=O) groups is 1. The van der Waals surface area contributed by atoms with Crippen molar-refractivity contribution in [2.75, 3.05) is 5.32 Å². The Morgan fingerprint density at radius 1 is 1.35 bits per heavy atom. The molecule has 17 heavy (non-hydrogen) atoms. The standard InChI is InChI=1S/C13H18BrNO2/c1-7(2)11(13(16)17)15-12-9(4)5-8(3)6-10(12)14/h5-7,11,15H,1-4H3,(H,16,17). The fourth-order valence-corrected chi connectivity index (χ4v) is 2.56. The van der Waals surface area contributed by atoms with Crippen LogP contribution in [0.15, 0.2) is 16.6 Å². The minimum atomic E-state index is -0.827. The van der Waals surface area contributed by atoms with E-state index < -0.39 is 12.0 Å². The van der Waals surface area contributed by atoms with E-state index in [9.17, 15) is 4.79 Å². The molecule has 0 heterocycles. The van der Waals surface area contributed by atoms with E-state index in [1.807, 2.05) is 39.8 Å². The van der Waals surface area contributed by atoms with Crippen LogP contribution >= 0.6 is 15.9 Å². The molecule has 0 amide bonds. The molecule has 1 aromatic rings. The smallest absolute Gasteiger partial charge is 0.326 e. The molecule has 1 aromatic carbocycles. The van der Waals surface area contributed by atoms with Crippen LogP contribution in [0.5, 0.6) is 0 Å². The van der Waals surface area contributed by atoms with E-state index in [0.717, 1.165) is 21.3 Å². The van der Waals surface area contributed by atoms with Crippen LogP contribution in [-0.4, -0.2) is 17.1 Å². The number of nitrogens with one attached hydrogen (secondary N) is 1. The molecule has 0 aliphatic rings. The predicted molar refractivity (Wildman–Crippen MR) is 73.5 cm³/mol. The van der Waals surface area contributed by atoms with Gasteiger partial charge in [0, 0.05) is 4.47 Å². The summed E-state index contributed by atoms with van der Waals surface area (Å²) in [6, 6.07) is 3.44. The molecule has 4 heteroatoms. The Kier molecular flexibility index (Phi) is 4.57. The van der Waals surface area contributed by atoms with Crippen LogP contribution < -0.4 is 5.32 Å². The van der Waals surface area contributed by atoms with Crippen molar-refractivity contribution < 1.29 is 9.90 Å². The number of carboxylic acid groups (broad SMARTS) is 1. The van der Waals surface area contributed by atoms with E-state index in [-0.39, 0.29) is 5.92 Å². The maximum atomic E-state index is 11.2. The Labute approximate surface area is 110 Å². The van der Waals surface area contributed by atoms with E-state index in [0.29, 0.717) is 0 Å². The molecule has 0 aromatic heterocycles. The normalized spacial score (nSPS) is 12.6. The number of aliphatic carboxylic acids is 1. The lowest BCUT2D eigenvalue weighted by Crippen LogP contribution is -2.34. The molecule has 0 saturated carbocycles. The summed E-state index contributed by atoms with van der Waals surface area (Å²) in [4.78, 5) is 11.2. The van der Waals surface area contributed by atoms with Gasteiger partial charge in [0.25, 0.3) is 0 Å². The summed E-state index contributed by atoms with van der Waals surface area (Å²) in [6.07, 6.45) is 0. The van der Waals surface area contributed by atoms with Gasteiger partial charge in [-0.15, -0.1) is 0 Å². The molecule has 1 unspecified atom stereocenters. The summed E-state index contributed by atoms with van der Waals surface area (Å²) >= 11 is 3.47. The SMILES string of the molecule is Cc1cc(C)c(NC(C(=O)O)C(C)C)c(Br)c1. The first-order valence-corrected chi connectivity index (χ1v) is 6.38. The third kappa shape index (κ3) is 3.46. The topological polar surface area (TPSA) is 49.3 Å². The van der Waals surface area contributed by atoms with Gasteiger partial charge in [-0.05, 0) is 52.9 Å². The van der Waals surface area contributed by atoms with Crippen molar-refractivity contribution >= 4 is 27.6 Å². The second-order valence-electron chi connectivity index (χ2n) is 4.64. The van der Waals surface area contributed by atoms with E-state index in [4.69, 9.17) is 5.11 Å². The highest BCUT2D eigenvalue weighted by atomic mass is 79.9. The molecule has 0 spiro atoms. The van der Waals surface area contributed by atoms with Crippen LogP contribution in [0.3, 0.4) is 0 Å². The summed E-state index contributed by atoms with van der Waals surface area (Å²) in [7, 11) is 0. The Hall–Kier alpha value is -1.03. The monoisotopic (exact) mass is 299 g/mol. The number of hydrogen-bond acceptors (Lipinski definition) is 2. The molecule has 0 radical (unpaired) electrons. The van der Waals surface area contributed by atoms with Crippen molar-refractivity contribution in [2.24, 2.45) is 5.92 Å². The minimum Gasteiger partial charge on any atom is -0.480 e. The first kappa shape index (κ1) is 14.0. The van der Waals surface area contributed by atoms with Crippen LogP contribution in [0.25, 0.3) is 0 Å². The molecule has 0 aliphatic carbocycles. The third-order valence-electron chi connectivity index (χ3n) is 2.66. The van der Waals surface area contributed by atoms with Gasteiger partial charge in [0.15, 0.2) is 0 Å². The zero-order chi connectivity index (χ0) is 13.2. The zero-order valence-corrected chi connectivity index (χ0v) is 12.1. The fourth-order valence-electron chi connectivity index (χ4n) is 1.77. The Bertz CT molecular complexity index is 406. The summed E-state index contributed by atoms with van der Waals surface area (Å²) in [5.74, 6) is -0.799. The molecule has 0 saturated heterocycles. The third-order valence-corrected chi connectivity index (χ3v) is 3.29. The number of anilines is 1. The van der Waals surface area contributed by atoms with Crippen molar-refractivity contribution in [3.63, 3.8) is 0 Å². The maximum absolute atomic E-state index is 11.2.